The van der Waals surface area contributed by atoms with Gasteiger partial charge in [-0.05, 0) is 30.9 Å². The van der Waals surface area contributed by atoms with E-state index in [4.69, 9.17) is 9.84 Å². The van der Waals surface area contributed by atoms with E-state index in [1.165, 1.54) is 18.3 Å². The van der Waals surface area contributed by atoms with Gasteiger partial charge in [-0.1, -0.05) is 0 Å². The second-order valence-corrected chi connectivity index (χ2v) is 4.63. The van der Waals surface area contributed by atoms with E-state index in [0.717, 1.165) is 26.1 Å². The summed E-state index contributed by atoms with van der Waals surface area (Å²) in [6.07, 6.45) is 3.22. The molecule has 1 fully saturated rings. The van der Waals surface area contributed by atoms with Crippen LogP contribution in [0.5, 0.6) is 0 Å². The zero-order valence-corrected chi connectivity index (χ0v) is 11.0. The molecule has 7 heteroatoms. The van der Waals surface area contributed by atoms with E-state index in [-0.39, 0.29) is 11.7 Å². The Labute approximate surface area is 116 Å². The lowest BCUT2D eigenvalue weighted by Crippen LogP contribution is -2.35. The van der Waals surface area contributed by atoms with Gasteiger partial charge in [0.05, 0.1) is 11.9 Å². The van der Waals surface area contributed by atoms with Crippen molar-refractivity contribution in [3.63, 3.8) is 0 Å². The first-order valence-electron chi connectivity index (χ1n) is 6.47. The zero-order chi connectivity index (χ0) is 14.4. The Hall–Kier alpha value is -2.15. The van der Waals surface area contributed by atoms with Gasteiger partial charge in [0.2, 0.25) is 0 Å². The normalized spacial score (nSPS) is 15.6. The Balaban J connectivity index is 1.77. The van der Waals surface area contributed by atoms with E-state index >= 15 is 0 Å². The van der Waals surface area contributed by atoms with Gasteiger partial charge in [-0.3, -0.25) is 0 Å². The van der Waals surface area contributed by atoms with Gasteiger partial charge in [0.15, 0.2) is 0 Å². The van der Waals surface area contributed by atoms with Crippen molar-refractivity contribution in [1.82, 2.24) is 10.3 Å². The van der Waals surface area contributed by atoms with Gasteiger partial charge >= 0.3 is 12.0 Å². The zero-order valence-electron chi connectivity index (χ0n) is 11.0. The molecule has 0 atom stereocenters. The third-order valence-corrected chi connectivity index (χ3v) is 3.13. The number of hydrogen-bond donors (Lipinski definition) is 3. The molecular formula is C13H17N3O4. The number of carbonyl (C=O) groups excluding carboxylic acids is 1. The molecular weight excluding hydrogens is 262 g/mol. The molecule has 7 nitrogen and oxygen atoms in total. The van der Waals surface area contributed by atoms with Crippen LogP contribution in [0.3, 0.4) is 0 Å². The molecule has 0 spiro atoms. The average molecular weight is 279 g/mol. The fourth-order valence-corrected chi connectivity index (χ4v) is 1.96. The highest BCUT2D eigenvalue weighted by Gasteiger charge is 2.14. The molecule has 20 heavy (non-hydrogen) atoms. The number of aromatic carboxylic acids is 1. The highest BCUT2D eigenvalue weighted by atomic mass is 16.5. The number of carbonyl (C=O) groups is 2. The average Bonchev–Trinajstić information content (AvgIpc) is 2.47. The van der Waals surface area contributed by atoms with Crippen molar-refractivity contribution < 1.29 is 19.4 Å². The van der Waals surface area contributed by atoms with E-state index in [2.05, 4.69) is 15.6 Å². The van der Waals surface area contributed by atoms with Crippen molar-refractivity contribution in [2.75, 3.05) is 25.1 Å². The fraction of sp³-hybridized carbons (Fsp3) is 0.462. The monoisotopic (exact) mass is 279 g/mol. The molecule has 0 saturated carbocycles. The fourth-order valence-electron chi connectivity index (χ4n) is 1.96. The first kappa shape index (κ1) is 14.3. The maximum absolute atomic E-state index is 11.7. The molecule has 0 aliphatic carbocycles. The summed E-state index contributed by atoms with van der Waals surface area (Å²) in [4.78, 5) is 26.0. The highest BCUT2D eigenvalue weighted by Crippen LogP contribution is 2.13. The minimum atomic E-state index is -1.10. The topological polar surface area (TPSA) is 101 Å². The minimum Gasteiger partial charge on any atom is -0.477 e. The summed E-state index contributed by atoms with van der Waals surface area (Å²) in [6, 6.07) is 2.53. The van der Waals surface area contributed by atoms with Crippen molar-refractivity contribution in [2.24, 2.45) is 5.92 Å². The van der Waals surface area contributed by atoms with Crippen LogP contribution in [0.2, 0.25) is 0 Å². The molecule has 2 rings (SSSR count). The van der Waals surface area contributed by atoms with Gasteiger partial charge in [-0.15, -0.1) is 0 Å². The first-order valence-corrected chi connectivity index (χ1v) is 6.47. The smallest absolute Gasteiger partial charge is 0.354 e. The molecule has 1 aromatic rings. The molecule has 1 saturated heterocycles. The molecule has 3 N–H and O–H groups in total. The van der Waals surface area contributed by atoms with Gasteiger partial charge in [0, 0.05) is 19.8 Å². The van der Waals surface area contributed by atoms with Crippen molar-refractivity contribution in [2.45, 2.75) is 12.8 Å². The van der Waals surface area contributed by atoms with Crippen molar-refractivity contribution in [3.8, 4) is 0 Å². The van der Waals surface area contributed by atoms with Crippen molar-refractivity contribution in [3.05, 3.63) is 24.0 Å². The van der Waals surface area contributed by atoms with Gasteiger partial charge in [-0.25, -0.2) is 14.6 Å². The highest BCUT2D eigenvalue weighted by molar-refractivity contribution is 5.90. The molecule has 2 amide bonds. The molecule has 1 aliphatic heterocycles. The molecule has 1 aliphatic rings. The summed E-state index contributed by atoms with van der Waals surface area (Å²) in [5, 5.41) is 14.1. The number of ether oxygens (including phenoxy) is 1. The molecule has 1 aromatic heterocycles. The maximum Gasteiger partial charge on any atom is 0.354 e. The van der Waals surface area contributed by atoms with Gasteiger partial charge in [-0.2, -0.15) is 0 Å². The molecule has 0 radical (unpaired) electrons. The number of carboxylic acid groups (broad SMARTS) is 1. The quantitative estimate of drug-likeness (QED) is 0.772. The molecule has 0 aromatic carbocycles. The van der Waals surface area contributed by atoms with Crippen LogP contribution in [-0.4, -0.2) is 41.8 Å². The number of rotatable bonds is 4. The van der Waals surface area contributed by atoms with E-state index in [9.17, 15) is 9.59 Å². The third kappa shape index (κ3) is 4.20. The predicted octanol–water partition coefficient (Wildman–Crippen LogP) is 1.33. The summed E-state index contributed by atoms with van der Waals surface area (Å²) in [5.74, 6) is -0.650. The second-order valence-electron chi connectivity index (χ2n) is 4.63. The van der Waals surface area contributed by atoms with Crippen molar-refractivity contribution >= 4 is 17.7 Å². The largest absolute Gasteiger partial charge is 0.477 e. The summed E-state index contributed by atoms with van der Waals surface area (Å²) >= 11 is 0. The number of hydrogen-bond acceptors (Lipinski definition) is 4. The Morgan fingerprint density at radius 3 is 2.70 bits per heavy atom. The van der Waals surface area contributed by atoms with Crippen molar-refractivity contribution in [1.29, 1.82) is 0 Å². The van der Waals surface area contributed by atoms with Crippen LogP contribution < -0.4 is 10.6 Å². The van der Waals surface area contributed by atoms with Gasteiger partial charge in [0.25, 0.3) is 0 Å². The lowest BCUT2D eigenvalue weighted by atomic mass is 10.0. The summed E-state index contributed by atoms with van der Waals surface area (Å²) in [6.45, 7) is 2.10. The first-order chi connectivity index (χ1) is 9.65. The van der Waals surface area contributed by atoms with Crippen LogP contribution in [-0.2, 0) is 4.74 Å². The number of pyridine rings is 1. The summed E-state index contributed by atoms with van der Waals surface area (Å²) in [7, 11) is 0. The van der Waals surface area contributed by atoms with Crippen LogP contribution in [0, 0.1) is 5.92 Å². The molecule has 0 bridgehead atoms. The minimum absolute atomic E-state index is 0.0573. The number of nitrogens with one attached hydrogen (secondary N) is 2. The lowest BCUT2D eigenvalue weighted by Gasteiger charge is -2.22. The van der Waals surface area contributed by atoms with Crippen LogP contribution in [0.4, 0.5) is 10.5 Å². The number of urea groups is 1. The standard InChI is InChI=1S/C13H17N3O4/c17-12(18)11-2-1-10(8-14-11)16-13(19)15-7-9-3-5-20-6-4-9/h1-2,8-9H,3-7H2,(H,17,18)(H2,15,16,19). The summed E-state index contributed by atoms with van der Waals surface area (Å²) in [5.41, 5.74) is 0.401. The van der Waals surface area contributed by atoms with Crippen LogP contribution in [0.15, 0.2) is 18.3 Å². The Bertz CT molecular complexity index is 469. The number of aromatic nitrogens is 1. The Morgan fingerprint density at radius 2 is 2.10 bits per heavy atom. The third-order valence-electron chi connectivity index (χ3n) is 3.13. The Kier molecular flexibility index (Phi) is 4.89. The Morgan fingerprint density at radius 1 is 1.35 bits per heavy atom. The second kappa shape index (κ2) is 6.85. The number of carboxylic acids is 1. The number of anilines is 1. The maximum atomic E-state index is 11.7. The van der Waals surface area contributed by atoms with Gasteiger partial charge < -0.3 is 20.5 Å². The van der Waals surface area contributed by atoms with E-state index in [1.807, 2.05) is 0 Å². The molecule has 2 heterocycles. The number of nitrogens with zero attached hydrogens (tertiary/aromatic N) is 1. The van der Waals surface area contributed by atoms with E-state index in [0.29, 0.717) is 18.2 Å². The van der Waals surface area contributed by atoms with Crippen LogP contribution in [0.25, 0.3) is 0 Å². The molecule has 108 valence electrons. The number of amides is 2. The van der Waals surface area contributed by atoms with Crippen LogP contribution in [0.1, 0.15) is 23.3 Å². The van der Waals surface area contributed by atoms with Crippen LogP contribution >= 0.6 is 0 Å². The SMILES string of the molecule is O=C(NCC1CCOCC1)Nc1ccc(C(=O)O)nc1. The van der Waals surface area contributed by atoms with E-state index in [1.54, 1.807) is 0 Å². The lowest BCUT2D eigenvalue weighted by molar-refractivity contribution is 0.0670. The van der Waals surface area contributed by atoms with Gasteiger partial charge in [0.1, 0.15) is 5.69 Å². The van der Waals surface area contributed by atoms with E-state index < -0.39 is 5.97 Å². The summed E-state index contributed by atoms with van der Waals surface area (Å²) < 4.78 is 5.25. The molecule has 0 unspecified atom stereocenters. The predicted molar refractivity (Wildman–Crippen MR) is 71.8 cm³/mol.